The number of hydrogen-bond acceptors (Lipinski definition) is 5. The topological polar surface area (TPSA) is 95.0 Å². The lowest BCUT2D eigenvalue weighted by Crippen LogP contribution is -2.47. The molecule has 2 aromatic rings. The number of carbonyl (C=O) groups is 3. The molecule has 1 saturated heterocycles. The average Bonchev–Trinajstić information content (AvgIpc) is 2.82. The molecule has 2 aliphatic heterocycles. The molecular formula is C23H24ClN5O3. The molecule has 0 saturated carbocycles. The first-order valence-corrected chi connectivity index (χ1v) is 11.0. The number of rotatable bonds is 5. The quantitative estimate of drug-likeness (QED) is 0.752. The molecule has 0 aliphatic carbocycles. The second-order valence-electron chi connectivity index (χ2n) is 7.92. The lowest BCUT2D eigenvalue weighted by atomic mass is 9.96. The van der Waals surface area contributed by atoms with Crippen LogP contribution in [0.1, 0.15) is 31.2 Å². The van der Waals surface area contributed by atoms with Crippen molar-refractivity contribution < 1.29 is 14.4 Å². The number of hydrazone groups is 1. The van der Waals surface area contributed by atoms with Gasteiger partial charge in [0.25, 0.3) is 5.91 Å². The predicted molar refractivity (Wildman–Crippen MR) is 121 cm³/mol. The number of aromatic nitrogens is 1. The second-order valence-corrected chi connectivity index (χ2v) is 8.36. The van der Waals surface area contributed by atoms with Gasteiger partial charge in [0.05, 0.1) is 17.5 Å². The number of piperidine rings is 1. The van der Waals surface area contributed by atoms with Crippen molar-refractivity contribution in [2.45, 2.75) is 32.2 Å². The van der Waals surface area contributed by atoms with Crippen LogP contribution in [0, 0.1) is 5.92 Å². The lowest BCUT2D eigenvalue weighted by Gasteiger charge is -2.33. The van der Waals surface area contributed by atoms with Crippen LogP contribution in [0.2, 0.25) is 5.02 Å². The van der Waals surface area contributed by atoms with E-state index in [-0.39, 0.29) is 30.1 Å². The minimum Gasteiger partial charge on any atom is -0.337 e. The van der Waals surface area contributed by atoms with Gasteiger partial charge in [0, 0.05) is 32.1 Å². The first-order valence-electron chi connectivity index (χ1n) is 10.6. The average molecular weight is 454 g/mol. The van der Waals surface area contributed by atoms with E-state index in [9.17, 15) is 14.4 Å². The molecule has 8 nitrogen and oxygen atoms in total. The van der Waals surface area contributed by atoms with E-state index in [2.05, 4.69) is 15.4 Å². The number of likely N-dealkylation sites (tertiary alicyclic amines) is 1. The van der Waals surface area contributed by atoms with Gasteiger partial charge in [0.15, 0.2) is 0 Å². The van der Waals surface area contributed by atoms with Crippen molar-refractivity contribution in [3.8, 4) is 0 Å². The first-order chi connectivity index (χ1) is 15.5. The number of hydrogen-bond donors (Lipinski definition) is 1. The molecule has 1 aromatic carbocycles. The van der Waals surface area contributed by atoms with Crippen molar-refractivity contribution in [2.24, 2.45) is 11.0 Å². The molecule has 1 unspecified atom stereocenters. The summed E-state index contributed by atoms with van der Waals surface area (Å²) in [5, 5.41) is 9.01. The summed E-state index contributed by atoms with van der Waals surface area (Å²) in [5.41, 5.74) is 1.31. The van der Waals surface area contributed by atoms with Gasteiger partial charge >= 0.3 is 0 Å². The Morgan fingerprint density at radius 1 is 1.12 bits per heavy atom. The molecular weight excluding hydrogens is 430 g/mol. The largest absolute Gasteiger partial charge is 0.337 e. The third kappa shape index (κ3) is 5.31. The summed E-state index contributed by atoms with van der Waals surface area (Å²) >= 11 is 5.83. The number of pyridine rings is 1. The molecule has 0 radical (unpaired) electrons. The van der Waals surface area contributed by atoms with Gasteiger partial charge < -0.3 is 10.2 Å². The molecule has 9 heteroatoms. The van der Waals surface area contributed by atoms with Gasteiger partial charge in [-0.15, -0.1) is 0 Å². The highest BCUT2D eigenvalue weighted by Gasteiger charge is 2.32. The number of nitrogens with zero attached hydrogens (tertiary/aromatic N) is 4. The van der Waals surface area contributed by atoms with Crippen molar-refractivity contribution in [1.82, 2.24) is 14.9 Å². The van der Waals surface area contributed by atoms with Crippen molar-refractivity contribution in [1.29, 1.82) is 0 Å². The van der Waals surface area contributed by atoms with E-state index in [1.165, 1.54) is 11.2 Å². The fourth-order valence-corrected chi connectivity index (χ4v) is 3.98. The summed E-state index contributed by atoms with van der Waals surface area (Å²) in [6.45, 7) is 1.20. The van der Waals surface area contributed by atoms with Crippen LogP contribution in [-0.4, -0.2) is 51.4 Å². The Morgan fingerprint density at radius 2 is 1.94 bits per heavy atom. The Labute approximate surface area is 191 Å². The van der Waals surface area contributed by atoms with Crippen LogP contribution in [-0.2, 0) is 20.9 Å². The van der Waals surface area contributed by atoms with Crippen LogP contribution in [0.5, 0.6) is 0 Å². The Hall–Kier alpha value is -3.26. The van der Waals surface area contributed by atoms with Crippen molar-refractivity contribution in [3.63, 3.8) is 0 Å². The smallest absolute Gasteiger partial charge is 0.270 e. The normalized spacial score (nSPS) is 18.8. The van der Waals surface area contributed by atoms with Gasteiger partial charge in [-0.1, -0.05) is 41.9 Å². The molecule has 1 N–H and O–H groups in total. The van der Waals surface area contributed by atoms with Gasteiger partial charge in [-0.3, -0.25) is 14.4 Å². The van der Waals surface area contributed by atoms with Crippen LogP contribution in [0.15, 0.2) is 53.8 Å². The molecule has 1 aromatic heterocycles. The van der Waals surface area contributed by atoms with E-state index in [1.54, 1.807) is 17.0 Å². The Bertz CT molecular complexity index is 1030. The molecule has 1 fully saturated rings. The summed E-state index contributed by atoms with van der Waals surface area (Å²) < 4.78 is 0. The van der Waals surface area contributed by atoms with Crippen molar-refractivity contribution in [3.05, 3.63) is 59.2 Å². The molecule has 0 spiro atoms. The third-order valence-corrected chi connectivity index (χ3v) is 5.81. The predicted octanol–water partition coefficient (Wildman–Crippen LogP) is 3.09. The van der Waals surface area contributed by atoms with E-state index in [0.717, 1.165) is 12.0 Å². The molecule has 0 bridgehead atoms. The summed E-state index contributed by atoms with van der Waals surface area (Å²) in [7, 11) is 0. The zero-order chi connectivity index (χ0) is 22.5. The molecule has 166 valence electrons. The molecule has 3 amide bonds. The molecule has 3 heterocycles. The number of anilines is 1. The molecule has 2 aliphatic rings. The second kappa shape index (κ2) is 9.91. The summed E-state index contributed by atoms with van der Waals surface area (Å²) in [6.07, 6.45) is 3.44. The highest BCUT2D eigenvalue weighted by atomic mass is 35.5. The van der Waals surface area contributed by atoms with Gasteiger partial charge in [-0.05, 0) is 30.5 Å². The number of benzene rings is 1. The minimum atomic E-state index is -0.337. The van der Waals surface area contributed by atoms with E-state index >= 15 is 0 Å². The number of amides is 3. The standard InChI is InChI=1S/C23H24ClN5O3/c24-18-8-10-20(25-13-18)26-22(31)17-7-4-12-28(15-17)23(32)19-9-11-21(30)29(27-19)14-16-5-2-1-3-6-16/h1-3,5-6,8,10,13,17H,4,7,9,11-12,14-15H2,(H,25,26,31). The third-order valence-electron chi connectivity index (χ3n) is 5.59. The maximum absolute atomic E-state index is 13.1. The molecule has 1 atom stereocenters. The first kappa shape index (κ1) is 22.0. The number of halogens is 1. The maximum Gasteiger partial charge on any atom is 0.270 e. The van der Waals surface area contributed by atoms with Crippen LogP contribution in [0.3, 0.4) is 0 Å². The van der Waals surface area contributed by atoms with Gasteiger partial charge in [-0.25, -0.2) is 9.99 Å². The van der Waals surface area contributed by atoms with Crippen molar-refractivity contribution in [2.75, 3.05) is 18.4 Å². The highest BCUT2D eigenvalue weighted by molar-refractivity contribution is 6.39. The van der Waals surface area contributed by atoms with Crippen LogP contribution < -0.4 is 5.32 Å². The number of carbonyl (C=O) groups excluding carboxylic acids is 3. The van der Waals surface area contributed by atoms with E-state index in [4.69, 9.17) is 11.6 Å². The zero-order valence-corrected chi connectivity index (χ0v) is 18.3. The van der Waals surface area contributed by atoms with Crippen LogP contribution >= 0.6 is 11.6 Å². The SMILES string of the molecule is O=C(Nc1ccc(Cl)cn1)C1CCCN(C(=O)C2=NN(Cc3ccccc3)C(=O)CC2)C1. The van der Waals surface area contributed by atoms with E-state index in [0.29, 0.717) is 49.0 Å². The van der Waals surface area contributed by atoms with Crippen molar-refractivity contribution >= 4 is 40.9 Å². The summed E-state index contributed by atoms with van der Waals surface area (Å²) in [6, 6.07) is 12.8. The molecule has 4 rings (SSSR count). The Balaban J connectivity index is 1.40. The Morgan fingerprint density at radius 3 is 2.69 bits per heavy atom. The fraction of sp³-hybridized carbons (Fsp3) is 0.348. The van der Waals surface area contributed by atoms with Gasteiger partial charge in [0.2, 0.25) is 11.8 Å². The minimum absolute atomic E-state index is 0.100. The summed E-state index contributed by atoms with van der Waals surface area (Å²) in [4.78, 5) is 43.9. The highest BCUT2D eigenvalue weighted by Crippen LogP contribution is 2.21. The number of nitrogens with one attached hydrogen (secondary N) is 1. The Kier molecular flexibility index (Phi) is 6.80. The van der Waals surface area contributed by atoms with Gasteiger partial charge in [0.1, 0.15) is 11.5 Å². The fourth-order valence-electron chi connectivity index (χ4n) is 3.87. The lowest BCUT2D eigenvalue weighted by molar-refractivity contribution is -0.132. The monoisotopic (exact) mass is 453 g/mol. The maximum atomic E-state index is 13.1. The van der Waals surface area contributed by atoms with Gasteiger partial charge in [-0.2, -0.15) is 5.10 Å². The van der Waals surface area contributed by atoms with Crippen LogP contribution in [0.4, 0.5) is 5.82 Å². The molecule has 32 heavy (non-hydrogen) atoms. The zero-order valence-electron chi connectivity index (χ0n) is 17.5. The van der Waals surface area contributed by atoms with E-state index < -0.39 is 0 Å². The van der Waals surface area contributed by atoms with Crippen LogP contribution in [0.25, 0.3) is 0 Å². The summed E-state index contributed by atoms with van der Waals surface area (Å²) in [5.74, 6) is -0.399. The van der Waals surface area contributed by atoms with E-state index in [1.807, 2.05) is 30.3 Å².